The van der Waals surface area contributed by atoms with E-state index < -0.39 is 12.2 Å². The second kappa shape index (κ2) is 3.25. The Labute approximate surface area is 70.9 Å². The minimum Gasteiger partial charge on any atom is -0.389 e. The number of halogens is 1. The average molecular weight is 182 g/mol. The van der Waals surface area contributed by atoms with Crippen molar-refractivity contribution < 1.29 is 15.1 Å². The largest absolute Gasteiger partial charge is 0.389 e. The highest BCUT2D eigenvalue weighted by atomic mass is 35.5. The Morgan fingerprint density at radius 1 is 1.18 bits per heavy atom. The van der Waals surface area contributed by atoms with Gasteiger partial charge < -0.3 is 10.2 Å². The molecule has 3 aliphatic rings. The van der Waals surface area contributed by atoms with E-state index in [1.807, 2.05) is 0 Å². The van der Waals surface area contributed by atoms with Crippen LogP contribution in [0.4, 0.5) is 0 Å². The van der Waals surface area contributed by atoms with Crippen molar-refractivity contribution in [2.45, 2.75) is 37.2 Å². The van der Waals surface area contributed by atoms with Gasteiger partial charge in [-0.15, -0.1) is 12.4 Å². The maximum absolute atomic E-state index is 9.28. The third-order valence-corrected chi connectivity index (χ3v) is 2.28. The molecule has 0 radical (unpaired) electrons. The normalized spacial score (nSPS) is 48.5. The van der Waals surface area contributed by atoms with Gasteiger partial charge in [0.25, 0.3) is 0 Å². The molecule has 1 aliphatic carbocycles. The number of aliphatic hydroxyl groups excluding tert-OH is 2. The third-order valence-electron chi connectivity index (χ3n) is 2.28. The van der Waals surface area contributed by atoms with E-state index in [1.165, 1.54) is 0 Å². The van der Waals surface area contributed by atoms with Crippen molar-refractivity contribution in [1.82, 2.24) is 5.48 Å². The van der Waals surface area contributed by atoms with Crippen molar-refractivity contribution >= 4 is 12.4 Å². The molecule has 2 bridgehead atoms. The summed E-state index contributed by atoms with van der Waals surface area (Å²) < 4.78 is 0. The quantitative estimate of drug-likeness (QED) is 0.458. The van der Waals surface area contributed by atoms with Crippen molar-refractivity contribution in [3.05, 3.63) is 0 Å². The molecule has 3 N–H and O–H groups in total. The number of nitrogens with one attached hydrogen (secondary N) is 1. The fourth-order valence-electron chi connectivity index (χ4n) is 1.58. The van der Waals surface area contributed by atoms with E-state index in [0.717, 1.165) is 12.8 Å². The molecule has 11 heavy (non-hydrogen) atoms. The SMILES string of the molecule is Cl.OC1C2CCC(ON2)C1O. The summed E-state index contributed by atoms with van der Waals surface area (Å²) in [5.41, 5.74) is 2.69. The maximum atomic E-state index is 9.28. The standard InChI is InChI=1S/C6H11NO3.ClH/c8-5-3-1-2-4(6(5)9)10-7-3;/h3-9H,1-2H2;1H. The highest BCUT2D eigenvalue weighted by molar-refractivity contribution is 5.85. The predicted octanol–water partition coefficient (Wildman–Crippen LogP) is -0.804. The number of aliphatic hydroxyl groups is 2. The van der Waals surface area contributed by atoms with Crippen LogP contribution in [0.5, 0.6) is 0 Å². The van der Waals surface area contributed by atoms with Crippen LogP contribution in [0.1, 0.15) is 12.8 Å². The molecule has 4 unspecified atom stereocenters. The van der Waals surface area contributed by atoms with Crippen LogP contribution in [0.25, 0.3) is 0 Å². The fourth-order valence-corrected chi connectivity index (χ4v) is 1.58. The Kier molecular flexibility index (Phi) is 2.72. The predicted molar refractivity (Wildman–Crippen MR) is 40.3 cm³/mol. The first-order valence-electron chi connectivity index (χ1n) is 3.56. The van der Waals surface area contributed by atoms with Gasteiger partial charge in [-0.3, -0.25) is 4.84 Å². The van der Waals surface area contributed by atoms with Crippen molar-refractivity contribution in [2.75, 3.05) is 0 Å². The summed E-state index contributed by atoms with van der Waals surface area (Å²) >= 11 is 0. The second-order valence-electron chi connectivity index (χ2n) is 2.94. The summed E-state index contributed by atoms with van der Waals surface area (Å²) in [6.07, 6.45) is 0.186. The average Bonchev–Trinajstić information content (AvgIpc) is 2.00. The highest BCUT2D eigenvalue weighted by Crippen LogP contribution is 2.26. The number of rotatable bonds is 0. The zero-order chi connectivity index (χ0) is 7.14. The molecule has 0 aromatic rings. The van der Waals surface area contributed by atoms with Crippen LogP contribution in [0.15, 0.2) is 0 Å². The number of hydrogen-bond donors (Lipinski definition) is 3. The first kappa shape index (κ1) is 9.22. The van der Waals surface area contributed by atoms with Gasteiger partial charge in [0, 0.05) is 0 Å². The molecule has 3 rings (SSSR count). The molecule has 1 saturated carbocycles. The summed E-state index contributed by atoms with van der Waals surface area (Å²) in [7, 11) is 0. The van der Waals surface area contributed by atoms with Crippen molar-refractivity contribution in [2.24, 2.45) is 0 Å². The number of hydrogen-bond acceptors (Lipinski definition) is 4. The summed E-state index contributed by atoms with van der Waals surface area (Å²) in [5.74, 6) is 0. The van der Waals surface area contributed by atoms with Crippen LogP contribution in [0.3, 0.4) is 0 Å². The lowest BCUT2D eigenvalue weighted by molar-refractivity contribution is -0.221. The molecule has 2 heterocycles. The van der Waals surface area contributed by atoms with E-state index in [2.05, 4.69) is 5.48 Å². The molecule has 0 spiro atoms. The van der Waals surface area contributed by atoms with Gasteiger partial charge in [-0.25, -0.2) is 0 Å². The molecule has 4 nitrogen and oxygen atoms in total. The first-order chi connectivity index (χ1) is 4.79. The molecular formula is C6H12ClNO3. The van der Waals surface area contributed by atoms with Gasteiger partial charge in [0.15, 0.2) is 0 Å². The number of hydroxylamine groups is 1. The van der Waals surface area contributed by atoms with E-state index >= 15 is 0 Å². The van der Waals surface area contributed by atoms with E-state index in [-0.39, 0.29) is 24.6 Å². The third kappa shape index (κ3) is 1.37. The Balaban J connectivity index is 0.000000605. The first-order valence-corrected chi connectivity index (χ1v) is 3.56. The summed E-state index contributed by atoms with van der Waals surface area (Å²) in [4.78, 5) is 5.00. The molecule has 0 aromatic heterocycles. The minimum atomic E-state index is -0.694. The van der Waals surface area contributed by atoms with Crippen LogP contribution in [-0.2, 0) is 4.84 Å². The summed E-state index contributed by atoms with van der Waals surface area (Å²) in [6, 6.07) is -0.0694. The zero-order valence-electron chi connectivity index (χ0n) is 5.93. The Bertz CT molecular complexity index is 118. The smallest absolute Gasteiger partial charge is 0.110 e. The van der Waals surface area contributed by atoms with Crippen molar-refractivity contribution in [3.63, 3.8) is 0 Å². The summed E-state index contributed by atoms with van der Waals surface area (Å²) in [5, 5.41) is 18.5. The van der Waals surface area contributed by atoms with Gasteiger partial charge >= 0.3 is 0 Å². The van der Waals surface area contributed by atoms with Crippen molar-refractivity contribution in [3.8, 4) is 0 Å². The minimum absolute atomic E-state index is 0. The maximum Gasteiger partial charge on any atom is 0.110 e. The van der Waals surface area contributed by atoms with Crippen LogP contribution in [0.2, 0.25) is 0 Å². The van der Waals surface area contributed by atoms with E-state index in [1.54, 1.807) is 0 Å². The lowest BCUT2D eigenvalue weighted by Crippen LogP contribution is -2.62. The monoisotopic (exact) mass is 181 g/mol. The molecule has 2 saturated heterocycles. The van der Waals surface area contributed by atoms with Crippen LogP contribution >= 0.6 is 12.4 Å². The molecule has 5 heteroatoms. The Morgan fingerprint density at radius 2 is 1.91 bits per heavy atom. The van der Waals surface area contributed by atoms with E-state index in [0.29, 0.717) is 0 Å². The molecule has 0 aromatic carbocycles. The van der Waals surface area contributed by atoms with Gasteiger partial charge in [-0.2, -0.15) is 5.48 Å². The van der Waals surface area contributed by atoms with Gasteiger partial charge in [0.05, 0.1) is 6.04 Å². The molecule has 66 valence electrons. The van der Waals surface area contributed by atoms with Gasteiger partial charge in [-0.05, 0) is 12.8 Å². The van der Waals surface area contributed by atoms with E-state index in [9.17, 15) is 10.2 Å². The molecule has 0 amide bonds. The van der Waals surface area contributed by atoms with Crippen LogP contribution in [0, 0.1) is 0 Å². The molecule has 3 fully saturated rings. The van der Waals surface area contributed by atoms with Gasteiger partial charge in [-0.1, -0.05) is 0 Å². The highest BCUT2D eigenvalue weighted by Gasteiger charge is 2.43. The van der Waals surface area contributed by atoms with Crippen LogP contribution < -0.4 is 5.48 Å². The topological polar surface area (TPSA) is 61.7 Å². The van der Waals surface area contributed by atoms with E-state index in [4.69, 9.17) is 4.84 Å². The lowest BCUT2D eigenvalue weighted by atomic mass is 9.87. The molecular weight excluding hydrogens is 170 g/mol. The lowest BCUT2D eigenvalue weighted by Gasteiger charge is -2.43. The Morgan fingerprint density at radius 3 is 2.18 bits per heavy atom. The molecule has 4 atom stereocenters. The summed E-state index contributed by atoms with van der Waals surface area (Å²) in [6.45, 7) is 0. The van der Waals surface area contributed by atoms with Crippen LogP contribution in [-0.4, -0.2) is 34.6 Å². The van der Waals surface area contributed by atoms with Gasteiger partial charge in [0.2, 0.25) is 0 Å². The number of fused-ring (bicyclic) bond motifs is 3. The fraction of sp³-hybridized carbons (Fsp3) is 1.00. The zero-order valence-corrected chi connectivity index (χ0v) is 6.75. The Hall–Kier alpha value is 0.130. The van der Waals surface area contributed by atoms with Gasteiger partial charge in [0.1, 0.15) is 18.3 Å². The second-order valence-corrected chi connectivity index (χ2v) is 2.94. The molecule has 2 aliphatic heterocycles. The van der Waals surface area contributed by atoms with Crippen molar-refractivity contribution in [1.29, 1.82) is 0 Å².